The zero-order valence-electron chi connectivity index (χ0n) is 24.5. The van der Waals surface area contributed by atoms with E-state index < -0.39 is 6.10 Å². The van der Waals surface area contributed by atoms with Crippen molar-refractivity contribution in [1.29, 1.82) is 0 Å². The van der Waals surface area contributed by atoms with E-state index in [9.17, 15) is 9.90 Å². The molecule has 3 heteroatoms. The van der Waals surface area contributed by atoms with Crippen LogP contribution in [0.3, 0.4) is 0 Å². The van der Waals surface area contributed by atoms with Crippen molar-refractivity contribution >= 4 is 5.97 Å². The number of carbonyl (C=O) groups is 1. The summed E-state index contributed by atoms with van der Waals surface area (Å²) >= 11 is 0. The van der Waals surface area contributed by atoms with Gasteiger partial charge in [0.25, 0.3) is 0 Å². The maximum Gasteiger partial charge on any atom is 0.308 e. The van der Waals surface area contributed by atoms with E-state index in [0.717, 1.165) is 38.5 Å². The molecule has 0 aliphatic carbocycles. The van der Waals surface area contributed by atoms with Crippen LogP contribution < -0.4 is 0 Å². The fraction of sp³-hybridized carbons (Fsp3) is 0.848. The molecule has 0 aliphatic rings. The Morgan fingerprint density at radius 2 is 1.08 bits per heavy atom. The van der Waals surface area contributed by atoms with Gasteiger partial charge in [-0.15, -0.1) is 0 Å². The van der Waals surface area contributed by atoms with Gasteiger partial charge in [-0.25, -0.2) is 0 Å². The summed E-state index contributed by atoms with van der Waals surface area (Å²) in [5.41, 5.74) is 0. The molecule has 0 bridgehead atoms. The van der Waals surface area contributed by atoms with Crippen molar-refractivity contribution in [2.24, 2.45) is 5.92 Å². The number of carbonyl (C=O) groups excluding carboxylic acids is 1. The highest BCUT2D eigenvalue weighted by Gasteiger charge is 2.13. The second kappa shape index (κ2) is 28.5. The summed E-state index contributed by atoms with van der Waals surface area (Å²) in [5, 5.41) is 10.1. The molecule has 2 unspecified atom stereocenters. The Bertz CT molecular complexity index is 511. The van der Waals surface area contributed by atoms with Crippen molar-refractivity contribution < 1.29 is 14.6 Å². The molecule has 36 heavy (non-hydrogen) atoms. The standard InChI is InChI=1S/C33H62O3/c1-4-6-8-10-12-14-15-16-17-18-20-21-23-25-27-31(3)30-36-33(35)29-32(34)28-26-24-22-19-13-11-9-7-5-2/h11,13,18,20,31-32,34H,4-10,12,14-17,19,21-30H2,1-3H3/b13-11-,20-18-. The summed E-state index contributed by atoms with van der Waals surface area (Å²) in [5.74, 6) is 0.134. The van der Waals surface area contributed by atoms with Gasteiger partial charge >= 0.3 is 5.97 Å². The minimum Gasteiger partial charge on any atom is -0.465 e. The van der Waals surface area contributed by atoms with E-state index in [1.807, 2.05) is 0 Å². The molecule has 0 heterocycles. The van der Waals surface area contributed by atoms with Crippen molar-refractivity contribution in [2.45, 2.75) is 168 Å². The summed E-state index contributed by atoms with van der Waals surface area (Å²) < 4.78 is 5.41. The molecular formula is C33H62O3. The van der Waals surface area contributed by atoms with Crippen molar-refractivity contribution in [3.63, 3.8) is 0 Å². The number of aliphatic hydroxyl groups excluding tert-OH is 1. The van der Waals surface area contributed by atoms with Gasteiger partial charge in [0.05, 0.1) is 19.1 Å². The average molecular weight is 507 g/mol. The minimum absolute atomic E-state index is 0.132. The van der Waals surface area contributed by atoms with E-state index in [1.165, 1.54) is 89.9 Å². The quantitative estimate of drug-likeness (QED) is 0.0684. The van der Waals surface area contributed by atoms with Crippen molar-refractivity contribution in [3.8, 4) is 0 Å². The van der Waals surface area contributed by atoms with Gasteiger partial charge in [-0.1, -0.05) is 122 Å². The Balaban J connectivity index is 3.51. The Morgan fingerprint density at radius 1 is 0.639 bits per heavy atom. The first-order valence-electron chi connectivity index (χ1n) is 15.7. The first-order chi connectivity index (χ1) is 17.6. The highest BCUT2D eigenvalue weighted by atomic mass is 16.5. The van der Waals surface area contributed by atoms with E-state index in [0.29, 0.717) is 18.9 Å². The molecule has 0 radical (unpaired) electrons. The monoisotopic (exact) mass is 506 g/mol. The van der Waals surface area contributed by atoms with Crippen LogP contribution in [0.4, 0.5) is 0 Å². The molecule has 3 nitrogen and oxygen atoms in total. The van der Waals surface area contributed by atoms with Crippen LogP contribution in [0.2, 0.25) is 0 Å². The van der Waals surface area contributed by atoms with Gasteiger partial charge in [0.1, 0.15) is 0 Å². The lowest BCUT2D eigenvalue weighted by Gasteiger charge is -2.14. The lowest BCUT2D eigenvalue weighted by atomic mass is 10.0. The third-order valence-corrected chi connectivity index (χ3v) is 6.94. The second-order valence-electron chi connectivity index (χ2n) is 10.9. The number of allylic oxidation sites excluding steroid dienone is 4. The highest BCUT2D eigenvalue weighted by Crippen LogP contribution is 2.14. The predicted octanol–water partition coefficient (Wildman–Crippen LogP) is 10.3. The molecule has 0 saturated carbocycles. The molecule has 0 aromatic heterocycles. The topological polar surface area (TPSA) is 46.5 Å². The summed E-state index contributed by atoms with van der Waals surface area (Å²) in [4.78, 5) is 12.0. The van der Waals surface area contributed by atoms with Crippen LogP contribution in [0.1, 0.15) is 162 Å². The van der Waals surface area contributed by atoms with Gasteiger partial charge < -0.3 is 9.84 Å². The van der Waals surface area contributed by atoms with Crippen LogP contribution in [0.5, 0.6) is 0 Å². The molecule has 212 valence electrons. The van der Waals surface area contributed by atoms with Crippen molar-refractivity contribution in [2.75, 3.05) is 6.61 Å². The van der Waals surface area contributed by atoms with Gasteiger partial charge in [-0.3, -0.25) is 4.79 Å². The van der Waals surface area contributed by atoms with Crippen LogP contribution in [0.15, 0.2) is 24.3 Å². The molecular weight excluding hydrogens is 444 g/mol. The lowest BCUT2D eigenvalue weighted by molar-refractivity contribution is -0.147. The Morgan fingerprint density at radius 3 is 1.67 bits per heavy atom. The molecule has 2 atom stereocenters. The summed E-state index contributed by atoms with van der Waals surface area (Å²) in [6.45, 7) is 7.12. The molecule has 0 aliphatic heterocycles. The van der Waals surface area contributed by atoms with E-state index >= 15 is 0 Å². The number of unbranched alkanes of at least 4 members (excludes halogenated alkanes) is 15. The number of ether oxygens (including phenoxy) is 1. The molecule has 0 rings (SSSR count). The van der Waals surface area contributed by atoms with Crippen LogP contribution in [0, 0.1) is 5.92 Å². The fourth-order valence-electron chi connectivity index (χ4n) is 4.44. The Hall–Kier alpha value is -1.09. The molecule has 1 N–H and O–H groups in total. The number of hydrogen-bond acceptors (Lipinski definition) is 3. The molecule has 0 spiro atoms. The molecule has 0 aromatic rings. The zero-order chi connectivity index (χ0) is 26.5. The first kappa shape index (κ1) is 34.9. The number of esters is 1. The molecule has 0 aromatic carbocycles. The zero-order valence-corrected chi connectivity index (χ0v) is 24.5. The van der Waals surface area contributed by atoms with E-state index in [1.54, 1.807) is 0 Å². The maximum absolute atomic E-state index is 12.0. The summed E-state index contributed by atoms with van der Waals surface area (Å²) in [7, 11) is 0. The number of hydrogen-bond donors (Lipinski definition) is 1. The highest BCUT2D eigenvalue weighted by molar-refractivity contribution is 5.69. The van der Waals surface area contributed by atoms with E-state index in [4.69, 9.17) is 4.74 Å². The normalized spacial score (nSPS) is 13.6. The first-order valence-corrected chi connectivity index (χ1v) is 15.7. The van der Waals surface area contributed by atoms with Gasteiger partial charge in [0, 0.05) is 0 Å². The van der Waals surface area contributed by atoms with Crippen molar-refractivity contribution in [3.05, 3.63) is 24.3 Å². The van der Waals surface area contributed by atoms with Crippen molar-refractivity contribution in [1.82, 2.24) is 0 Å². The fourth-order valence-corrected chi connectivity index (χ4v) is 4.44. The maximum atomic E-state index is 12.0. The van der Waals surface area contributed by atoms with Crippen LogP contribution in [0.25, 0.3) is 0 Å². The van der Waals surface area contributed by atoms with E-state index in [-0.39, 0.29) is 12.4 Å². The van der Waals surface area contributed by atoms with Gasteiger partial charge in [0.2, 0.25) is 0 Å². The average Bonchev–Trinajstić information content (AvgIpc) is 2.86. The summed E-state index contributed by atoms with van der Waals surface area (Å²) in [6.07, 6.45) is 34.5. The molecule has 0 saturated heterocycles. The molecule has 0 fully saturated rings. The smallest absolute Gasteiger partial charge is 0.308 e. The van der Waals surface area contributed by atoms with Crippen LogP contribution in [-0.2, 0) is 9.53 Å². The summed E-state index contributed by atoms with van der Waals surface area (Å²) in [6, 6.07) is 0. The minimum atomic E-state index is -0.564. The number of aliphatic hydroxyl groups is 1. The predicted molar refractivity (Wildman–Crippen MR) is 157 cm³/mol. The SMILES string of the molecule is CCCC/C=C\CCCCCC(O)CC(=O)OCC(C)CCCC/C=C\CCCCCCCCCC. The Labute approximate surface area is 225 Å². The molecule has 0 amide bonds. The van der Waals surface area contributed by atoms with Gasteiger partial charge in [0.15, 0.2) is 0 Å². The lowest BCUT2D eigenvalue weighted by Crippen LogP contribution is -2.18. The Kier molecular flexibility index (Phi) is 27.6. The second-order valence-corrected chi connectivity index (χ2v) is 10.9. The number of rotatable bonds is 27. The van der Waals surface area contributed by atoms with Crippen LogP contribution >= 0.6 is 0 Å². The third-order valence-electron chi connectivity index (χ3n) is 6.94. The van der Waals surface area contributed by atoms with Gasteiger partial charge in [-0.2, -0.15) is 0 Å². The van der Waals surface area contributed by atoms with Gasteiger partial charge in [-0.05, 0) is 63.7 Å². The third kappa shape index (κ3) is 27.5. The van der Waals surface area contributed by atoms with Crippen LogP contribution in [-0.4, -0.2) is 23.8 Å². The van der Waals surface area contributed by atoms with E-state index in [2.05, 4.69) is 45.1 Å². The largest absolute Gasteiger partial charge is 0.465 e.